The zero-order chi connectivity index (χ0) is 33.6. The van der Waals surface area contributed by atoms with Gasteiger partial charge in [-0.15, -0.1) is 0 Å². The minimum atomic E-state index is -4.91. The molecule has 1 aliphatic heterocycles. The fourth-order valence-corrected chi connectivity index (χ4v) is 6.49. The van der Waals surface area contributed by atoms with Crippen molar-refractivity contribution in [1.29, 1.82) is 0 Å². The molecule has 0 radical (unpaired) electrons. The van der Waals surface area contributed by atoms with Gasteiger partial charge in [0.15, 0.2) is 5.82 Å². The normalized spacial score (nSPS) is 16.5. The molecule has 46 heavy (non-hydrogen) atoms. The maximum Gasteiger partial charge on any atom is 0.423 e. The first kappa shape index (κ1) is 33.1. The highest BCUT2D eigenvalue weighted by atomic mass is 32.3. The zero-order valence-electron chi connectivity index (χ0n) is 23.8. The number of hydrogen-bond acceptors (Lipinski definition) is 9. The van der Waals surface area contributed by atoms with E-state index in [1.807, 2.05) is 0 Å². The van der Waals surface area contributed by atoms with Gasteiger partial charge in [0, 0.05) is 31.5 Å². The van der Waals surface area contributed by atoms with Crippen molar-refractivity contribution in [2.75, 3.05) is 28.4 Å². The number of anilines is 2. The molecule has 5 rings (SSSR count). The van der Waals surface area contributed by atoms with Gasteiger partial charge in [-0.1, -0.05) is 0 Å². The standard InChI is InChI=1S/C27H26F7N7O4S/c1-14(37-20-12-36-39-24(42)21(20)27(32,33)34)3-2-5-40-6-4-15-9-17(19(28)10-16(15)25(40)43)22-35-11-18(26(29,30)31)23(38-22)41-7-8-46(44,45)13-41/h4,6,9-12,14,44-45H,2-3,5,7-8,13H2,1H3,(H2,37,39,42). The number of alkyl halides is 6. The van der Waals surface area contributed by atoms with Gasteiger partial charge in [-0.25, -0.2) is 19.5 Å². The topological polar surface area (TPSA) is 149 Å². The molecule has 0 spiro atoms. The molecule has 4 aromatic rings. The van der Waals surface area contributed by atoms with Gasteiger partial charge in [0.1, 0.15) is 28.6 Å². The molecule has 1 aliphatic rings. The molecule has 0 amide bonds. The Labute approximate surface area is 256 Å². The average molecular weight is 678 g/mol. The number of aryl methyl sites for hydroxylation is 1. The van der Waals surface area contributed by atoms with Gasteiger partial charge in [-0.05, 0) is 43.4 Å². The Bertz CT molecular complexity index is 1900. The molecule has 1 saturated heterocycles. The van der Waals surface area contributed by atoms with E-state index in [4.69, 9.17) is 0 Å². The van der Waals surface area contributed by atoms with Crippen molar-refractivity contribution in [3.8, 4) is 11.4 Å². The second-order valence-corrected chi connectivity index (χ2v) is 13.0. The van der Waals surface area contributed by atoms with Crippen LogP contribution in [0.3, 0.4) is 0 Å². The number of aromatic amines is 1. The third-order valence-electron chi connectivity index (χ3n) is 7.31. The summed E-state index contributed by atoms with van der Waals surface area (Å²) in [4.78, 5) is 33.5. The average Bonchev–Trinajstić information content (AvgIpc) is 3.32. The maximum atomic E-state index is 15.3. The molecule has 1 unspecified atom stereocenters. The first-order chi connectivity index (χ1) is 21.4. The molecule has 11 nitrogen and oxygen atoms in total. The molecule has 0 saturated carbocycles. The first-order valence-electron chi connectivity index (χ1n) is 13.6. The summed E-state index contributed by atoms with van der Waals surface area (Å²) < 4.78 is 118. The molecule has 19 heteroatoms. The van der Waals surface area contributed by atoms with Gasteiger partial charge in [-0.2, -0.15) is 42.0 Å². The Hall–Kier alpha value is -4.23. The van der Waals surface area contributed by atoms with Gasteiger partial charge in [0.2, 0.25) is 0 Å². The monoisotopic (exact) mass is 677 g/mol. The number of halogens is 7. The van der Waals surface area contributed by atoms with E-state index >= 15 is 4.39 Å². The highest BCUT2D eigenvalue weighted by molar-refractivity contribution is 8.24. The highest BCUT2D eigenvalue weighted by Crippen LogP contribution is 2.47. The summed E-state index contributed by atoms with van der Waals surface area (Å²) in [6, 6.07) is 3.07. The minimum absolute atomic E-state index is 0.0417. The lowest BCUT2D eigenvalue weighted by molar-refractivity contribution is -0.138. The fourth-order valence-electron chi connectivity index (χ4n) is 5.09. The quantitative estimate of drug-likeness (QED) is 0.177. The number of benzene rings is 1. The van der Waals surface area contributed by atoms with Gasteiger partial charge >= 0.3 is 12.4 Å². The van der Waals surface area contributed by atoms with Crippen molar-refractivity contribution in [3.05, 3.63) is 74.4 Å². The van der Waals surface area contributed by atoms with Crippen molar-refractivity contribution in [2.24, 2.45) is 0 Å². The molecular formula is C27H26F7N7O4S. The molecule has 0 aliphatic carbocycles. The van der Waals surface area contributed by atoms with E-state index < -0.39 is 80.3 Å². The zero-order valence-corrected chi connectivity index (χ0v) is 24.6. The number of nitrogens with zero attached hydrogens (tertiary/aromatic N) is 5. The van der Waals surface area contributed by atoms with Gasteiger partial charge in [-0.3, -0.25) is 18.7 Å². The van der Waals surface area contributed by atoms with Crippen molar-refractivity contribution in [1.82, 2.24) is 24.7 Å². The lowest BCUT2D eigenvalue weighted by Crippen LogP contribution is -2.27. The molecular weight excluding hydrogens is 651 g/mol. The number of nitrogens with one attached hydrogen (secondary N) is 2. The van der Waals surface area contributed by atoms with E-state index in [1.54, 1.807) is 12.0 Å². The summed E-state index contributed by atoms with van der Waals surface area (Å²) in [7, 11) is -3.14. The van der Waals surface area contributed by atoms with E-state index in [-0.39, 0.29) is 41.6 Å². The van der Waals surface area contributed by atoms with Crippen LogP contribution in [0.25, 0.3) is 22.2 Å². The summed E-state index contributed by atoms with van der Waals surface area (Å²) in [5, 5.41) is 7.97. The van der Waals surface area contributed by atoms with Crippen molar-refractivity contribution < 1.29 is 39.8 Å². The van der Waals surface area contributed by atoms with Crippen LogP contribution in [-0.2, 0) is 18.9 Å². The second kappa shape index (κ2) is 12.2. The van der Waals surface area contributed by atoms with Gasteiger partial charge < -0.3 is 14.8 Å². The predicted octanol–water partition coefficient (Wildman–Crippen LogP) is 5.53. The van der Waals surface area contributed by atoms with Crippen LogP contribution in [0.15, 0.2) is 46.4 Å². The van der Waals surface area contributed by atoms with Crippen LogP contribution in [0.2, 0.25) is 0 Å². The molecule has 3 aromatic heterocycles. The SMILES string of the molecule is CC(CCCn1ccc2cc(-c3ncc(C(F)(F)F)c(N4CCS(O)(O)C4)n3)c(F)cc2c1=O)Nc1cn[nH]c(=O)c1C(F)(F)F. The summed E-state index contributed by atoms with van der Waals surface area (Å²) in [5.74, 6) is -2.64. The number of hydrogen-bond donors (Lipinski definition) is 4. The number of rotatable bonds is 8. The van der Waals surface area contributed by atoms with Crippen LogP contribution in [0, 0.1) is 5.82 Å². The smallest absolute Gasteiger partial charge is 0.381 e. The summed E-state index contributed by atoms with van der Waals surface area (Å²) in [6.45, 7) is 1.59. The third-order valence-corrected chi connectivity index (χ3v) is 8.87. The summed E-state index contributed by atoms with van der Waals surface area (Å²) in [6.07, 6.45) is -6.42. The minimum Gasteiger partial charge on any atom is -0.381 e. The molecule has 0 bridgehead atoms. The molecule has 4 heterocycles. The van der Waals surface area contributed by atoms with Crippen molar-refractivity contribution >= 4 is 32.9 Å². The molecule has 4 N–H and O–H groups in total. The Morgan fingerprint density at radius 1 is 1.11 bits per heavy atom. The Kier molecular flexibility index (Phi) is 8.77. The Morgan fingerprint density at radius 2 is 1.85 bits per heavy atom. The van der Waals surface area contributed by atoms with Crippen LogP contribution < -0.4 is 21.3 Å². The fraction of sp³-hybridized carbons (Fsp3) is 0.370. The van der Waals surface area contributed by atoms with E-state index in [0.717, 1.165) is 17.2 Å². The van der Waals surface area contributed by atoms with Crippen LogP contribution in [0.5, 0.6) is 0 Å². The van der Waals surface area contributed by atoms with Gasteiger partial charge in [0.05, 0.1) is 28.6 Å². The lowest BCUT2D eigenvalue weighted by atomic mass is 10.1. The number of aromatic nitrogens is 5. The van der Waals surface area contributed by atoms with Crippen LogP contribution >= 0.6 is 10.6 Å². The number of fused-ring (bicyclic) bond motifs is 1. The van der Waals surface area contributed by atoms with Gasteiger partial charge in [0.25, 0.3) is 11.1 Å². The maximum absolute atomic E-state index is 15.3. The van der Waals surface area contributed by atoms with Crippen LogP contribution in [0.1, 0.15) is 30.9 Å². The molecule has 1 aromatic carbocycles. The van der Waals surface area contributed by atoms with E-state index in [0.29, 0.717) is 12.6 Å². The summed E-state index contributed by atoms with van der Waals surface area (Å²) >= 11 is 0. The van der Waals surface area contributed by atoms with E-state index in [1.165, 1.54) is 22.9 Å². The largest absolute Gasteiger partial charge is 0.423 e. The van der Waals surface area contributed by atoms with E-state index in [9.17, 15) is 45.0 Å². The Balaban J connectivity index is 1.35. The lowest BCUT2D eigenvalue weighted by Gasteiger charge is -2.27. The molecule has 1 atom stereocenters. The van der Waals surface area contributed by atoms with Crippen LogP contribution in [-0.4, -0.2) is 58.1 Å². The van der Waals surface area contributed by atoms with Crippen LogP contribution in [0.4, 0.5) is 42.2 Å². The second-order valence-electron chi connectivity index (χ2n) is 10.7. The van der Waals surface area contributed by atoms with E-state index in [2.05, 4.69) is 20.4 Å². The molecule has 248 valence electrons. The highest BCUT2D eigenvalue weighted by Gasteiger charge is 2.40. The van der Waals surface area contributed by atoms with Crippen molar-refractivity contribution in [2.45, 2.75) is 44.7 Å². The molecule has 1 fully saturated rings. The number of H-pyrrole nitrogens is 1. The predicted molar refractivity (Wildman–Crippen MR) is 156 cm³/mol. The third kappa shape index (κ3) is 6.95. The first-order valence-corrected chi connectivity index (χ1v) is 15.5. The number of pyridine rings is 1. The summed E-state index contributed by atoms with van der Waals surface area (Å²) in [5.41, 5.74) is -5.37. The Morgan fingerprint density at radius 3 is 2.50 bits per heavy atom. The van der Waals surface area contributed by atoms with Crippen molar-refractivity contribution in [3.63, 3.8) is 0 Å².